The van der Waals surface area contributed by atoms with E-state index in [0.29, 0.717) is 6.35 Å². The molecule has 0 amide bonds. The van der Waals surface area contributed by atoms with E-state index in [1.54, 1.807) is 6.66 Å². The van der Waals surface area contributed by atoms with Gasteiger partial charge in [-0.3, -0.25) is 0 Å². The molecule has 0 radical (unpaired) electrons. The van der Waals surface area contributed by atoms with Crippen molar-refractivity contribution in [3.05, 3.63) is 0 Å². The minimum absolute atomic E-state index is 0.437. The third kappa shape index (κ3) is 16.1. The van der Waals surface area contributed by atoms with Crippen LogP contribution < -0.4 is 0 Å². The van der Waals surface area contributed by atoms with E-state index in [4.69, 9.17) is 4.74 Å². The van der Waals surface area contributed by atoms with Gasteiger partial charge in [-0.15, -0.1) is 0 Å². The van der Waals surface area contributed by atoms with E-state index in [1.165, 1.54) is 57.8 Å². The molecular formula is C14H30O2P+. The summed E-state index contributed by atoms with van der Waals surface area (Å²) < 4.78 is 16.0. The second-order valence-electron chi connectivity index (χ2n) is 4.85. The molecule has 2 nitrogen and oxygen atoms in total. The molecule has 1 unspecified atom stereocenters. The van der Waals surface area contributed by atoms with Crippen molar-refractivity contribution in [1.29, 1.82) is 0 Å². The smallest absolute Gasteiger partial charge is 0.337 e. The van der Waals surface area contributed by atoms with Crippen LogP contribution in [-0.2, 0) is 9.30 Å². The molecule has 0 heterocycles. The van der Waals surface area contributed by atoms with Gasteiger partial charge in [0.2, 0.25) is 6.35 Å². The summed E-state index contributed by atoms with van der Waals surface area (Å²) in [5, 5.41) is 0. The maximum atomic E-state index is 10.7. The number of hydrogen-bond acceptors (Lipinski definition) is 2. The van der Waals surface area contributed by atoms with Crippen molar-refractivity contribution in [2.75, 3.05) is 19.6 Å². The summed E-state index contributed by atoms with van der Waals surface area (Å²) in [6.07, 6.45) is 13.9. The predicted octanol–water partition coefficient (Wildman–Crippen LogP) is 5.34. The van der Waals surface area contributed by atoms with Crippen LogP contribution in [0.2, 0.25) is 0 Å². The van der Waals surface area contributed by atoms with Crippen LogP contribution in [0.15, 0.2) is 0 Å². The highest BCUT2D eigenvalue weighted by molar-refractivity contribution is 7.43. The molecule has 0 saturated heterocycles. The Kier molecular flexibility index (Phi) is 14.2. The zero-order valence-corrected chi connectivity index (χ0v) is 12.6. The van der Waals surface area contributed by atoms with Crippen molar-refractivity contribution < 1.29 is 9.30 Å². The van der Waals surface area contributed by atoms with Gasteiger partial charge in [-0.25, -0.2) is 0 Å². The summed E-state index contributed by atoms with van der Waals surface area (Å²) >= 11 is 0. The lowest BCUT2D eigenvalue weighted by molar-refractivity contribution is 0.172. The molecule has 17 heavy (non-hydrogen) atoms. The predicted molar refractivity (Wildman–Crippen MR) is 76.2 cm³/mol. The summed E-state index contributed by atoms with van der Waals surface area (Å²) in [4.78, 5) is 0. The summed E-state index contributed by atoms with van der Waals surface area (Å²) in [5.41, 5.74) is 0. The Hall–Kier alpha value is 0.0600. The maximum Gasteiger partial charge on any atom is 0.363 e. The quantitative estimate of drug-likeness (QED) is 0.330. The SMILES string of the molecule is CCCCCCCCCCCCOC[P+](C)=O. The van der Waals surface area contributed by atoms with Gasteiger partial charge < -0.3 is 4.74 Å². The van der Waals surface area contributed by atoms with Crippen LogP contribution >= 0.6 is 7.80 Å². The zero-order valence-electron chi connectivity index (χ0n) is 11.7. The van der Waals surface area contributed by atoms with Gasteiger partial charge in [-0.05, 0) is 6.42 Å². The fourth-order valence-corrected chi connectivity index (χ4v) is 2.27. The zero-order chi connectivity index (χ0) is 12.8. The molecule has 0 aliphatic rings. The van der Waals surface area contributed by atoms with Crippen molar-refractivity contribution in [2.24, 2.45) is 0 Å². The fourth-order valence-electron chi connectivity index (χ4n) is 1.88. The summed E-state index contributed by atoms with van der Waals surface area (Å²) in [5.74, 6) is 0. The van der Waals surface area contributed by atoms with Gasteiger partial charge >= 0.3 is 7.80 Å². The lowest BCUT2D eigenvalue weighted by Crippen LogP contribution is -1.93. The Labute approximate surface area is 108 Å². The first-order chi connectivity index (χ1) is 8.27. The molecule has 0 aromatic carbocycles. The van der Waals surface area contributed by atoms with Gasteiger partial charge in [0.15, 0.2) is 0 Å². The van der Waals surface area contributed by atoms with Gasteiger partial charge in [0.05, 0.1) is 6.61 Å². The third-order valence-electron chi connectivity index (χ3n) is 2.92. The first-order valence-electron chi connectivity index (χ1n) is 7.23. The molecular weight excluding hydrogens is 231 g/mol. The number of rotatable bonds is 13. The minimum Gasteiger partial charge on any atom is -0.337 e. The highest BCUT2D eigenvalue weighted by atomic mass is 31.1. The monoisotopic (exact) mass is 261 g/mol. The average Bonchev–Trinajstić information content (AvgIpc) is 2.30. The average molecular weight is 261 g/mol. The number of hydrogen-bond donors (Lipinski definition) is 0. The van der Waals surface area contributed by atoms with E-state index in [0.717, 1.165) is 13.0 Å². The topological polar surface area (TPSA) is 26.3 Å². The molecule has 0 bridgehead atoms. The fraction of sp³-hybridized carbons (Fsp3) is 1.00. The van der Waals surface area contributed by atoms with Gasteiger partial charge in [0.25, 0.3) is 0 Å². The first-order valence-corrected chi connectivity index (χ1v) is 9.12. The third-order valence-corrected chi connectivity index (χ3v) is 3.46. The molecule has 0 aromatic rings. The summed E-state index contributed by atoms with van der Waals surface area (Å²) in [6, 6.07) is 0. The standard InChI is InChI=1S/C14H30O2P/c1-3-4-5-6-7-8-9-10-11-12-13-16-14-17(2)15/h3-14H2,1-2H3/q+1. The lowest BCUT2D eigenvalue weighted by Gasteiger charge is -2.01. The van der Waals surface area contributed by atoms with E-state index < -0.39 is 7.80 Å². The molecule has 0 rings (SSSR count). The van der Waals surface area contributed by atoms with E-state index >= 15 is 0 Å². The van der Waals surface area contributed by atoms with Crippen molar-refractivity contribution in [3.8, 4) is 0 Å². The summed E-state index contributed by atoms with van der Waals surface area (Å²) in [7, 11) is -1.11. The van der Waals surface area contributed by atoms with Crippen molar-refractivity contribution in [2.45, 2.75) is 71.1 Å². The lowest BCUT2D eigenvalue weighted by atomic mass is 10.1. The largest absolute Gasteiger partial charge is 0.363 e. The first kappa shape index (κ1) is 17.1. The Bertz CT molecular complexity index is 172. The van der Waals surface area contributed by atoms with Gasteiger partial charge in [0, 0.05) is 0 Å². The molecule has 0 aromatic heterocycles. The highest BCUT2D eigenvalue weighted by Crippen LogP contribution is 2.13. The van der Waals surface area contributed by atoms with E-state index in [9.17, 15) is 4.57 Å². The second-order valence-corrected chi connectivity index (χ2v) is 6.36. The normalized spacial score (nSPS) is 11.8. The van der Waals surface area contributed by atoms with Crippen LogP contribution in [0.5, 0.6) is 0 Å². The Morgan fingerprint density at radius 2 is 1.29 bits per heavy atom. The van der Waals surface area contributed by atoms with Crippen LogP contribution in [0.3, 0.4) is 0 Å². The molecule has 102 valence electrons. The van der Waals surface area contributed by atoms with Crippen LogP contribution in [0.25, 0.3) is 0 Å². The molecule has 1 atom stereocenters. The van der Waals surface area contributed by atoms with Gasteiger partial charge in [-0.2, -0.15) is 0 Å². The Balaban J connectivity index is 2.91. The van der Waals surface area contributed by atoms with Crippen LogP contribution in [0, 0.1) is 0 Å². The highest BCUT2D eigenvalue weighted by Gasteiger charge is 2.03. The Morgan fingerprint density at radius 3 is 1.76 bits per heavy atom. The molecule has 0 fully saturated rings. The number of unbranched alkanes of at least 4 members (excludes halogenated alkanes) is 9. The van der Waals surface area contributed by atoms with Crippen LogP contribution in [0.1, 0.15) is 71.1 Å². The van der Waals surface area contributed by atoms with Gasteiger partial charge in [0.1, 0.15) is 6.66 Å². The van der Waals surface area contributed by atoms with Crippen molar-refractivity contribution >= 4 is 7.80 Å². The van der Waals surface area contributed by atoms with Crippen molar-refractivity contribution in [3.63, 3.8) is 0 Å². The molecule has 3 heteroatoms. The molecule has 0 spiro atoms. The molecule has 0 aliphatic heterocycles. The summed E-state index contributed by atoms with van der Waals surface area (Å²) in [6.45, 7) is 4.76. The number of ether oxygens (including phenoxy) is 1. The minimum atomic E-state index is -1.11. The maximum absolute atomic E-state index is 10.7. The van der Waals surface area contributed by atoms with Crippen LogP contribution in [0.4, 0.5) is 0 Å². The van der Waals surface area contributed by atoms with Crippen molar-refractivity contribution in [1.82, 2.24) is 0 Å². The van der Waals surface area contributed by atoms with E-state index in [2.05, 4.69) is 6.92 Å². The molecule has 0 aliphatic carbocycles. The second kappa shape index (κ2) is 14.1. The van der Waals surface area contributed by atoms with Crippen LogP contribution in [-0.4, -0.2) is 19.6 Å². The Morgan fingerprint density at radius 1 is 0.824 bits per heavy atom. The van der Waals surface area contributed by atoms with E-state index in [1.807, 2.05) is 0 Å². The molecule has 0 saturated carbocycles. The van der Waals surface area contributed by atoms with Gasteiger partial charge in [-0.1, -0.05) is 69.3 Å². The molecule has 0 N–H and O–H groups in total. The van der Waals surface area contributed by atoms with E-state index in [-0.39, 0.29) is 0 Å².